The molecule has 3 rings (SSSR count). The summed E-state index contributed by atoms with van der Waals surface area (Å²) in [5, 5.41) is 13.1. The second kappa shape index (κ2) is 7.40. The lowest BCUT2D eigenvalue weighted by Gasteiger charge is -2.23. The molecule has 112 valence electrons. The highest BCUT2D eigenvalue weighted by atomic mass is 15.0. The van der Waals surface area contributed by atoms with E-state index in [0.717, 1.165) is 16.7 Å². The molecule has 0 fully saturated rings. The van der Waals surface area contributed by atoms with Crippen molar-refractivity contribution >= 4 is 0 Å². The first-order valence-electron chi connectivity index (χ1n) is 7.69. The molecule has 0 aliphatic rings. The van der Waals surface area contributed by atoms with Gasteiger partial charge in [-0.25, -0.2) is 0 Å². The highest BCUT2D eigenvalue weighted by Crippen LogP contribution is 2.25. The van der Waals surface area contributed by atoms with Crippen LogP contribution in [0, 0.1) is 11.3 Å². The van der Waals surface area contributed by atoms with Gasteiger partial charge >= 0.3 is 0 Å². The maximum absolute atomic E-state index is 9.61. The van der Waals surface area contributed by atoms with E-state index in [2.05, 4.69) is 35.7 Å². The van der Waals surface area contributed by atoms with Gasteiger partial charge in [0, 0.05) is 0 Å². The van der Waals surface area contributed by atoms with Crippen molar-refractivity contribution in [2.45, 2.75) is 12.1 Å². The van der Waals surface area contributed by atoms with Crippen LogP contribution in [-0.2, 0) is 0 Å². The molecular formula is C21H18N2. The van der Waals surface area contributed by atoms with Gasteiger partial charge in [-0.3, -0.25) is 5.32 Å². The molecule has 1 N–H and O–H groups in total. The van der Waals surface area contributed by atoms with Crippen LogP contribution in [0.4, 0.5) is 0 Å². The second-order valence-corrected chi connectivity index (χ2v) is 5.39. The average molecular weight is 298 g/mol. The van der Waals surface area contributed by atoms with Crippen LogP contribution < -0.4 is 5.32 Å². The summed E-state index contributed by atoms with van der Waals surface area (Å²) >= 11 is 0. The SMILES string of the molecule is N#C[C@H](NC(c1ccccc1)c1ccccc1)c1ccccc1. The average Bonchev–Trinajstić information content (AvgIpc) is 2.65. The molecular weight excluding hydrogens is 280 g/mol. The topological polar surface area (TPSA) is 35.8 Å². The normalized spacial score (nSPS) is 11.8. The number of hydrogen-bond acceptors (Lipinski definition) is 2. The highest BCUT2D eigenvalue weighted by Gasteiger charge is 2.19. The second-order valence-electron chi connectivity index (χ2n) is 5.39. The van der Waals surface area contributed by atoms with Crippen LogP contribution in [0.25, 0.3) is 0 Å². The van der Waals surface area contributed by atoms with Crippen LogP contribution in [0.1, 0.15) is 28.8 Å². The van der Waals surface area contributed by atoms with Crippen molar-refractivity contribution in [2.24, 2.45) is 0 Å². The lowest BCUT2D eigenvalue weighted by Crippen LogP contribution is -2.26. The van der Waals surface area contributed by atoms with Gasteiger partial charge in [-0.1, -0.05) is 91.0 Å². The van der Waals surface area contributed by atoms with Gasteiger partial charge in [0.05, 0.1) is 12.1 Å². The summed E-state index contributed by atoms with van der Waals surface area (Å²) in [7, 11) is 0. The summed E-state index contributed by atoms with van der Waals surface area (Å²) in [6.45, 7) is 0. The van der Waals surface area contributed by atoms with Gasteiger partial charge in [-0.05, 0) is 16.7 Å². The Morgan fingerprint density at radius 2 is 1.00 bits per heavy atom. The van der Waals surface area contributed by atoms with Crippen LogP contribution >= 0.6 is 0 Å². The number of benzene rings is 3. The molecule has 0 aromatic heterocycles. The molecule has 3 aromatic carbocycles. The molecule has 2 heteroatoms. The first-order chi connectivity index (χ1) is 11.4. The van der Waals surface area contributed by atoms with Crippen molar-refractivity contribution in [1.29, 1.82) is 5.26 Å². The first kappa shape index (κ1) is 15.0. The Morgan fingerprint density at radius 3 is 1.39 bits per heavy atom. The van der Waals surface area contributed by atoms with Crippen molar-refractivity contribution in [2.75, 3.05) is 0 Å². The Hall–Kier alpha value is -2.89. The van der Waals surface area contributed by atoms with Crippen molar-refractivity contribution < 1.29 is 0 Å². The number of nitrogens with one attached hydrogen (secondary N) is 1. The van der Waals surface area contributed by atoms with Gasteiger partial charge < -0.3 is 0 Å². The Labute approximate surface area is 137 Å². The zero-order chi connectivity index (χ0) is 15.9. The van der Waals surface area contributed by atoms with E-state index in [9.17, 15) is 5.26 Å². The van der Waals surface area contributed by atoms with E-state index in [1.54, 1.807) is 0 Å². The van der Waals surface area contributed by atoms with Gasteiger partial charge in [0.2, 0.25) is 0 Å². The largest absolute Gasteiger partial charge is 0.287 e. The third kappa shape index (κ3) is 3.66. The van der Waals surface area contributed by atoms with E-state index in [4.69, 9.17) is 0 Å². The van der Waals surface area contributed by atoms with Gasteiger partial charge in [0.25, 0.3) is 0 Å². The fourth-order valence-corrected chi connectivity index (χ4v) is 2.70. The molecule has 0 saturated carbocycles. The molecule has 3 aromatic rings. The van der Waals surface area contributed by atoms with Crippen LogP contribution in [0.2, 0.25) is 0 Å². The first-order valence-corrected chi connectivity index (χ1v) is 7.69. The molecule has 0 unspecified atom stereocenters. The third-order valence-corrected chi connectivity index (χ3v) is 3.86. The monoisotopic (exact) mass is 298 g/mol. The third-order valence-electron chi connectivity index (χ3n) is 3.86. The van der Waals surface area contributed by atoms with Crippen molar-refractivity contribution in [1.82, 2.24) is 5.32 Å². The summed E-state index contributed by atoms with van der Waals surface area (Å²) in [6.07, 6.45) is 0. The minimum Gasteiger partial charge on any atom is -0.287 e. The molecule has 0 aliphatic heterocycles. The van der Waals surface area contributed by atoms with E-state index in [-0.39, 0.29) is 12.1 Å². The number of nitriles is 1. The van der Waals surface area contributed by atoms with Crippen molar-refractivity contribution in [3.8, 4) is 6.07 Å². The minimum atomic E-state index is -0.360. The minimum absolute atomic E-state index is 0.0257. The smallest absolute Gasteiger partial charge is 0.122 e. The molecule has 0 amide bonds. The molecule has 2 nitrogen and oxygen atoms in total. The number of nitrogens with zero attached hydrogens (tertiary/aromatic N) is 1. The Balaban J connectivity index is 1.95. The zero-order valence-corrected chi connectivity index (χ0v) is 12.8. The van der Waals surface area contributed by atoms with Crippen LogP contribution in [0.3, 0.4) is 0 Å². The summed E-state index contributed by atoms with van der Waals surface area (Å²) in [5.74, 6) is 0. The standard InChI is InChI=1S/C21H18N2/c22-16-20(17-10-4-1-5-11-17)23-21(18-12-6-2-7-13-18)19-14-8-3-9-15-19/h1-15,20-21,23H/t20-/m0/s1. The molecule has 0 spiro atoms. The predicted octanol–water partition coefficient (Wildman–Crippen LogP) is 4.63. The summed E-state index contributed by atoms with van der Waals surface area (Å²) in [6, 6.07) is 32.3. The fourth-order valence-electron chi connectivity index (χ4n) is 2.70. The molecule has 0 bridgehead atoms. The molecule has 0 aliphatic carbocycles. The number of rotatable bonds is 5. The van der Waals surface area contributed by atoms with Gasteiger partial charge in [-0.15, -0.1) is 0 Å². The van der Waals surface area contributed by atoms with Crippen LogP contribution in [0.15, 0.2) is 91.0 Å². The van der Waals surface area contributed by atoms with E-state index in [0.29, 0.717) is 0 Å². The fraction of sp³-hybridized carbons (Fsp3) is 0.0952. The molecule has 0 heterocycles. The molecule has 23 heavy (non-hydrogen) atoms. The lowest BCUT2D eigenvalue weighted by atomic mass is 9.96. The van der Waals surface area contributed by atoms with E-state index < -0.39 is 0 Å². The van der Waals surface area contributed by atoms with Crippen LogP contribution in [0.5, 0.6) is 0 Å². The summed E-state index contributed by atoms with van der Waals surface area (Å²) < 4.78 is 0. The maximum Gasteiger partial charge on any atom is 0.122 e. The highest BCUT2D eigenvalue weighted by molar-refractivity contribution is 5.33. The van der Waals surface area contributed by atoms with Gasteiger partial charge in [-0.2, -0.15) is 5.26 Å². The van der Waals surface area contributed by atoms with E-state index in [1.807, 2.05) is 66.7 Å². The Kier molecular flexibility index (Phi) is 4.83. The summed E-state index contributed by atoms with van der Waals surface area (Å²) in [5.41, 5.74) is 3.27. The Bertz CT molecular complexity index is 722. The quantitative estimate of drug-likeness (QED) is 0.745. The van der Waals surface area contributed by atoms with Crippen molar-refractivity contribution in [3.63, 3.8) is 0 Å². The Morgan fingerprint density at radius 1 is 0.609 bits per heavy atom. The van der Waals surface area contributed by atoms with Crippen molar-refractivity contribution in [3.05, 3.63) is 108 Å². The molecule has 0 radical (unpaired) electrons. The zero-order valence-electron chi connectivity index (χ0n) is 12.8. The maximum atomic E-state index is 9.61. The van der Waals surface area contributed by atoms with E-state index >= 15 is 0 Å². The van der Waals surface area contributed by atoms with Gasteiger partial charge in [0.15, 0.2) is 0 Å². The van der Waals surface area contributed by atoms with Gasteiger partial charge in [0.1, 0.15) is 6.04 Å². The summed E-state index contributed by atoms with van der Waals surface area (Å²) in [4.78, 5) is 0. The predicted molar refractivity (Wildman–Crippen MR) is 92.7 cm³/mol. The molecule has 1 atom stereocenters. The lowest BCUT2D eigenvalue weighted by molar-refractivity contribution is 0.559. The molecule has 0 saturated heterocycles. The van der Waals surface area contributed by atoms with Crippen LogP contribution in [-0.4, -0.2) is 0 Å². The number of hydrogen-bond donors (Lipinski definition) is 1. The van der Waals surface area contributed by atoms with E-state index in [1.165, 1.54) is 0 Å².